The Bertz CT molecular complexity index is 714. The molecule has 0 saturated heterocycles. The standard InChI is InChI=1S/C18H21N3O4/c1-25-15-8-6-13(7-9-15)16(22)11-20-17(23)14-4-2-12(3-5-14)10-21-18(19)24/h2-9,16,22H,10-11H2,1H3,(H,20,23)(H3,19,21,24)/t16-/m1/s1. The number of methoxy groups -OCH3 is 1. The van der Waals surface area contributed by atoms with Crippen LogP contribution in [0.25, 0.3) is 0 Å². The Labute approximate surface area is 145 Å². The number of rotatable bonds is 7. The zero-order valence-electron chi connectivity index (χ0n) is 13.9. The van der Waals surface area contributed by atoms with Gasteiger partial charge in [0.25, 0.3) is 5.91 Å². The first-order valence-electron chi connectivity index (χ1n) is 7.72. The number of ether oxygens (including phenoxy) is 1. The highest BCUT2D eigenvalue weighted by molar-refractivity contribution is 5.94. The van der Waals surface area contributed by atoms with E-state index in [1.807, 2.05) is 0 Å². The van der Waals surface area contributed by atoms with Crippen LogP contribution in [0.3, 0.4) is 0 Å². The molecule has 2 aromatic rings. The lowest BCUT2D eigenvalue weighted by Crippen LogP contribution is -2.29. The molecule has 0 fully saturated rings. The Morgan fingerprint density at radius 1 is 1.08 bits per heavy atom. The summed E-state index contributed by atoms with van der Waals surface area (Å²) in [5.74, 6) is 0.410. The molecule has 0 aliphatic rings. The monoisotopic (exact) mass is 343 g/mol. The van der Waals surface area contributed by atoms with E-state index in [1.54, 1.807) is 55.6 Å². The van der Waals surface area contributed by atoms with E-state index in [-0.39, 0.29) is 12.5 Å². The van der Waals surface area contributed by atoms with E-state index >= 15 is 0 Å². The number of hydrogen-bond acceptors (Lipinski definition) is 4. The molecule has 132 valence electrons. The van der Waals surface area contributed by atoms with Crippen molar-refractivity contribution in [1.82, 2.24) is 10.6 Å². The van der Waals surface area contributed by atoms with E-state index in [2.05, 4.69) is 10.6 Å². The minimum Gasteiger partial charge on any atom is -0.497 e. The smallest absolute Gasteiger partial charge is 0.312 e. The second-order valence-electron chi connectivity index (χ2n) is 5.41. The van der Waals surface area contributed by atoms with Crippen molar-refractivity contribution in [2.75, 3.05) is 13.7 Å². The number of hydrogen-bond donors (Lipinski definition) is 4. The zero-order valence-corrected chi connectivity index (χ0v) is 13.9. The third-order valence-electron chi connectivity index (χ3n) is 3.64. The normalized spacial score (nSPS) is 11.4. The van der Waals surface area contributed by atoms with Gasteiger partial charge in [-0.15, -0.1) is 0 Å². The molecule has 2 aromatic carbocycles. The Kier molecular flexibility index (Phi) is 6.36. The van der Waals surface area contributed by atoms with Gasteiger partial charge in [0.1, 0.15) is 5.75 Å². The van der Waals surface area contributed by atoms with Crippen molar-refractivity contribution < 1.29 is 19.4 Å². The summed E-state index contributed by atoms with van der Waals surface area (Å²) in [7, 11) is 1.57. The SMILES string of the molecule is COc1ccc([C@H](O)CNC(=O)c2ccc(CNC(N)=O)cc2)cc1. The van der Waals surface area contributed by atoms with Gasteiger partial charge in [0, 0.05) is 18.7 Å². The number of primary amides is 1. The first-order chi connectivity index (χ1) is 12.0. The number of nitrogens with two attached hydrogens (primary N) is 1. The lowest BCUT2D eigenvalue weighted by molar-refractivity contribution is 0.0916. The van der Waals surface area contributed by atoms with E-state index in [1.165, 1.54) is 0 Å². The van der Waals surface area contributed by atoms with Crippen LogP contribution < -0.4 is 21.1 Å². The molecule has 0 spiro atoms. The van der Waals surface area contributed by atoms with Crippen molar-refractivity contribution in [2.45, 2.75) is 12.6 Å². The van der Waals surface area contributed by atoms with Crippen LogP contribution in [-0.2, 0) is 6.54 Å². The van der Waals surface area contributed by atoms with E-state index < -0.39 is 12.1 Å². The van der Waals surface area contributed by atoms with Crippen LogP contribution in [0.5, 0.6) is 5.75 Å². The van der Waals surface area contributed by atoms with Gasteiger partial charge >= 0.3 is 6.03 Å². The molecule has 0 radical (unpaired) electrons. The highest BCUT2D eigenvalue weighted by Gasteiger charge is 2.11. The molecule has 0 bridgehead atoms. The summed E-state index contributed by atoms with van der Waals surface area (Å²) in [5.41, 5.74) is 6.98. The van der Waals surface area contributed by atoms with Crippen molar-refractivity contribution in [3.8, 4) is 5.75 Å². The zero-order chi connectivity index (χ0) is 18.2. The minimum atomic E-state index is -0.811. The molecule has 5 N–H and O–H groups in total. The van der Waals surface area contributed by atoms with Crippen molar-refractivity contribution in [2.24, 2.45) is 5.73 Å². The first-order valence-corrected chi connectivity index (χ1v) is 7.72. The Morgan fingerprint density at radius 2 is 1.72 bits per heavy atom. The summed E-state index contributed by atoms with van der Waals surface area (Å²) in [5, 5.41) is 15.3. The van der Waals surface area contributed by atoms with Crippen LogP contribution in [0, 0.1) is 0 Å². The molecule has 3 amide bonds. The summed E-state index contributed by atoms with van der Waals surface area (Å²) in [6.07, 6.45) is -0.811. The Morgan fingerprint density at radius 3 is 2.28 bits per heavy atom. The molecule has 0 heterocycles. The predicted molar refractivity (Wildman–Crippen MR) is 93.2 cm³/mol. The minimum absolute atomic E-state index is 0.0934. The van der Waals surface area contributed by atoms with Gasteiger partial charge in [0.15, 0.2) is 0 Å². The van der Waals surface area contributed by atoms with Crippen LogP contribution in [-0.4, -0.2) is 30.7 Å². The van der Waals surface area contributed by atoms with Gasteiger partial charge in [-0.1, -0.05) is 24.3 Å². The quantitative estimate of drug-likeness (QED) is 0.607. The van der Waals surface area contributed by atoms with Gasteiger partial charge in [0.05, 0.1) is 13.2 Å². The molecule has 2 rings (SSSR count). The molecule has 7 heteroatoms. The fourth-order valence-electron chi connectivity index (χ4n) is 2.20. The molecule has 1 atom stereocenters. The van der Waals surface area contributed by atoms with Crippen LogP contribution in [0.1, 0.15) is 27.6 Å². The number of benzene rings is 2. The molecule has 0 aliphatic carbocycles. The fourth-order valence-corrected chi connectivity index (χ4v) is 2.20. The maximum atomic E-state index is 12.1. The van der Waals surface area contributed by atoms with Crippen LogP contribution in [0.15, 0.2) is 48.5 Å². The number of carbonyl (C=O) groups is 2. The summed E-state index contributed by atoms with van der Waals surface area (Å²) < 4.78 is 5.06. The maximum Gasteiger partial charge on any atom is 0.312 e. The van der Waals surface area contributed by atoms with Gasteiger partial charge < -0.3 is 26.2 Å². The molecule has 0 saturated carbocycles. The van der Waals surface area contributed by atoms with E-state index in [4.69, 9.17) is 10.5 Å². The lowest BCUT2D eigenvalue weighted by Gasteiger charge is -2.13. The van der Waals surface area contributed by atoms with Crippen LogP contribution >= 0.6 is 0 Å². The van der Waals surface area contributed by atoms with Crippen molar-refractivity contribution in [3.63, 3.8) is 0 Å². The lowest BCUT2D eigenvalue weighted by atomic mass is 10.1. The van der Waals surface area contributed by atoms with E-state index in [0.717, 1.165) is 5.56 Å². The summed E-state index contributed by atoms with van der Waals surface area (Å²) in [4.78, 5) is 22.8. The van der Waals surface area contributed by atoms with Gasteiger partial charge in [-0.25, -0.2) is 4.79 Å². The van der Waals surface area contributed by atoms with Crippen molar-refractivity contribution in [3.05, 3.63) is 65.2 Å². The van der Waals surface area contributed by atoms with Crippen LogP contribution in [0.2, 0.25) is 0 Å². The van der Waals surface area contributed by atoms with Crippen LogP contribution in [0.4, 0.5) is 4.79 Å². The Hall–Kier alpha value is -3.06. The number of carbonyl (C=O) groups excluding carboxylic acids is 2. The average Bonchev–Trinajstić information content (AvgIpc) is 2.64. The van der Waals surface area contributed by atoms with E-state index in [9.17, 15) is 14.7 Å². The molecular formula is C18H21N3O4. The third kappa shape index (κ3) is 5.50. The van der Waals surface area contributed by atoms with Gasteiger partial charge in [-0.05, 0) is 35.4 Å². The molecule has 0 aromatic heterocycles. The highest BCUT2D eigenvalue weighted by Crippen LogP contribution is 2.17. The van der Waals surface area contributed by atoms with Crippen molar-refractivity contribution in [1.29, 1.82) is 0 Å². The van der Waals surface area contributed by atoms with Crippen molar-refractivity contribution >= 4 is 11.9 Å². The second kappa shape index (κ2) is 8.70. The predicted octanol–water partition coefficient (Wildman–Crippen LogP) is 1.33. The average molecular weight is 343 g/mol. The number of amides is 3. The topological polar surface area (TPSA) is 114 Å². The summed E-state index contributed by atoms with van der Waals surface area (Å²) in [6, 6.07) is 13.1. The van der Waals surface area contributed by atoms with Gasteiger partial charge in [-0.2, -0.15) is 0 Å². The number of urea groups is 1. The number of aliphatic hydroxyl groups is 1. The molecule has 7 nitrogen and oxygen atoms in total. The molecule has 0 aliphatic heterocycles. The third-order valence-corrected chi connectivity index (χ3v) is 3.64. The number of aliphatic hydroxyl groups excluding tert-OH is 1. The largest absolute Gasteiger partial charge is 0.497 e. The molecular weight excluding hydrogens is 322 g/mol. The summed E-state index contributed by atoms with van der Waals surface area (Å²) >= 11 is 0. The van der Waals surface area contributed by atoms with E-state index in [0.29, 0.717) is 23.4 Å². The summed E-state index contributed by atoms with van der Waals surface area (Å²) in [6.45, 7) is 0.392. The van der Waals surface area contributed by atoms with Gasteiger partial charge in [-0.3, -0.25) is 4.79 Å². The maximum absolute atomic E-state index is 12.1. The highest BCUT2D eigenvalue weighted by atomic mass is 16.5. The Balaban J connectivity index is 1.87. The molecule has 25 heavy (non-hydrogen) atoms. The fraction of sp³-hybridized carbons (Fsp3) is 0.222. The second-order valence-corrected chi connectivity index (χ2v) is 5.41. The number of nitrogens with one attached hydrogen (secondary N) is 2. The first kappa shape index (κ1) is 18.3. The van der Waals surface area contributed by atoms with Gasteiger partial charge in [0.2, 0.25) is 0 Å². The molecule has 0 unspecified atom stereocenters.